The highest BCUT2D eigenvalue weighted by Gasteiger charge is 2.22. The average molecular weight is 301 g/mol. The zero-order valence-corrected chi connectivity index (χ0v) is 13.2. The van der Waals surface area contributed by atoms with Crippen molar-refractivity contribution in [2.75, 3.05) is 40.3 Å². The van der Waals surface area contributed by atoms with Gasteiger partial charge in [-0.2, -0.15) is 0 Å². The average Bonchev–Trinajstić information content (AvgIpc) is 2.96. The van der Waals surface area contributed by atoms with Gasteiger partial charge in [0, 0.05) is 31.7 Å². The molecule has 5 heteroatoms. The number of aromatic nitrogens is 1. The van der Waals surface area contributed by atoms with Gasteiger partial charge in [0.05, 0.1) is 18.4 Å². The topological polar surface area (TPSA) is 41.7 Å². The van der Waals surface area contributed by atoms with E-state index in [2.05, 4.69) is 28.9 Å². The maximum absolute atomic E-state index is 5.80. The fourth-order valence-electron chi connectivity index (χ4n) is 2.76. The summed E-state index contributed by atoms with van der Waals surface area (Å²) in [5.74, 6) is 0.689. The maximum Gasteiger partial charge on any atom is 0.226 e. The molecule has 1 aliphatic rings. The Bertz CT molecular complexity index is 583. The number of morpholine rings is 1. The Kier molecular flexibility index (Phi) is 4.87. The Hall–Kier alpha value is -1.69. The van der Waals surface area contributed by atoms with Gasteiger partial charge < -0.3 is 14.1 Å². The molecule has 3 rings (SSSR count). The highest BCUT2D eigenvalue weighted by atomic mass is 16.5. The smallest absolute Gasteiger partial charge is 0.226 e. The Morgan fingerprint density at radius 1 is 1.27 bits per heavy atom. The van der Waals surface area contributed by atoms with Gasteiger partial charge in [0.15, 0.2) is 0 Å². The van der Waals surface area contributed by atoms with Crippen molar-refractivity contribution in [3.05, 3.63) is 42.3 Å². The van der Waals surface area contributed by atoms with Crippen LogP contribution in [0.3, 0.4) is 0 Å². The van der Waals surface area contributed by atoms with E-state index < -0.39 is 0 Å². The number of hydrogen-bond acceptors (Lipinski definition) is 5. The van der Waals surface area contributed by atoms with Crippen molar-refractivity contribution in [3.63, 3.8) is 0 Å². The van der Waals surface area contributed by atoms with Gasteiger partial charge in [0.1, 0.15) is 6.26 Å². The highest BCUT2D eigenvalue weighted by Crippen LogP contribution is 2.19. The predicted octanol–water partition coefficient (Wildman–Crippen LogP) is 2.10. The van der Waals surface area contributed by atoms with E-state index in [0.29, 0.717) is 5.89 Å². The standard InChI is InChI=1S/C17H23N3O2/c1-19(2)11-16-12-20(8-9-21-16)10-15-13-22-17(18-15)14-6-4-3-5-7-14/h3-7,13,16H,8-12H2,1-2H3/t16-/m1/s1. The second-order valence-electron chi connectivity index (χ2n) is 6.00. The van der Waals surface area contributed by atoms with Crippen molar-refractivity contribution in [1.29, 1.82) is 0 Å². The molecule has 22 heavy (non-hydrogen) atoms. The summed E-state index contributed by atoms with van der Waals surface area (Å²) in [5.41, 5.74) is 1.99. The SMILES string of the molecule is CN(C)C[C@@H]1CN(Cc2coc(-c3ccccc3)n2)CCO1. The zero-order valence-electron chi connectivity index (χ0n) is 13.2. The number of likely N-dealkylation sites (N-methyl/N-ethyl adjacent to an activating group) is 1. The molecule has 5 nitrogen and oxygen atoms in total. The van der Waals surface area contributed by atoms with Crippen molar-refractivity contribution >= 4 is 0 Å². The third kappa shape index (κ3) is 3.94. The van der Waals surface area contributed by atoms with Crippen molar-refractivity contribution in [1.82, 2.24) is 14.8 Å². The molecule has 1 aromatic carbocycles. The molecule has 0 radical (unpaired) electrons. The Balaban J connectivity index is 1.60. The van der Waals surface area contributed by atoms with Gasteiger partial charge in [-0.3, -0.25) is 4.90 Å². The summed E-state index contributed by atoms with van der Waals surface area (Å²) in [6.45, 7) is 4.42. The van der Waals surface area contributed by atoms with Gasteiger partial charge in [-0.1, -0.05) is 18.2 Å². The zero-order chi connectivity index (χ0) is 15.4. The molecule has 1 aliphatic heterocycles. The second-order valence-corrected chi connectivity index (χ2v) is 6.00. The van der Waals surface area contributed by atoms with Crippen LogP contribution in [0.25, 0.3) is 11.5 Å². The molecule has 118 valence electrons. The van der Waals surface area contributed by atoms with E-state index in [1.807, 2.05) is 30.3 Å². The van der Waals surface area contributed by atoms with Crippen molar-refractivity contribution in [2.24, 2.45) is 0 Å². The van der Waals surface area contributed by atoms with Gasteiger partial charge in [-0.25, -0.2) is 4.98 Å². The minimum absolute atomic E-state index is 0.268. The third-order valence-electron chi connectivity index (χ3n) is 3.75. The number of hydrogen-bond donors (Lipinski definition) is 0. The van der Waals surface area contributed by atoms with Gasteiger partial charge in [0.2, 0.25) is 5.89 Å². The van der Waals surface area contributed by atoms with Crippen LogP contribution < -0.4 is 0 Å². The van der Waals surface area contributed by atoms with Crippen LogP contribution in [-0.4, -0.2) is 61.2 Å². The van der Waals surface area contributed by atoms with Gasteiger partial charge >= 0.3 is 0 Å². The van der Waals surface area contributed by atoms with Crippen LogP contribution in [0.1, 0.15) is 5.69 Å². The summed E-state index contributed by atoms with van der Waals surface area (Å²) >= 11 is 0. The quantitative estimate of drug-likeness (QED) is 0.846. The van der Waals surface area contributed by atoms with Crippen LogP contribution >= 0.6 is 0 Å². The summed E-state index contributed by atoms with van der Waals surface area (Å²) < 4.78 is 11.4. The molecular weight excluding hydrogens is 278 g/mol. The number of ether oxygens (including phenoxy) is 1. The van der Waals surface area contributed by atoms with Crippen LogP contribution in [-0.2, 0) is 11.3 Å². The maximum atomic E-state index is 5.80. The molecule has 0 unspecified atom stereocenters. The molecule has 1 fully saturated rings. The first-order valence-electron chi connectivity index (χ1n) is 7.69. The first-order valence-corrected chi connectivity index (χ1v) is 7.69. The van der Waals surface area contributed by atoms with E-state index in [1.54, 1.807) is 6.26 Å². The fourth-order valence-corrected chi connectivity index (χ4v) is 2.76. The molecule has 0 bridgehead atoms. The molecule has 1 aromatic heterocycles. The lowest BCUT2D eigenvalue weighted by Crippen LogP contribution is -2.46. The van der Waals surface area contributed by atoms with Crippen LogP contribution in [0.2, 0.25) is 0 Å². The van der Waals surface area contributed by atoms with Gasteiger partial charge in [-0.05, 0) is 26.2 Å². The minimum Gasteiger partial charge on any atom is -0.444 e. The molecule has 0 saturated carbocycles. The molecule has 2 heterocycles. The second kappa shape index (κ2) is 7.05. The lowest BCUT2D eigenvalue weighted by atomic mass is 10.2. The van der Waals surface area contributed by atoms with E-state index in [0.717, 1.165) is 44.0 Å². The number of rotatable bonds is 5. The first-order chi connectivity index (χ1) is 10.7. The van der Waals surface area contributed by atoms with E-state index in [-0.39, 0.29) is 6.10 Å². The molecule has 0 aliphatic carbocycles. The van der Waals surface area contributed by atoms with Crippen molar-refractivity contribution in [3.8, 4) is 11.5 Å². The highest BCUT2D eigenvalue weighted by molar-refractivity contribution is 5.52. The van der Waals surface area contributed by atoms with E-state index in [4.69, 9.17) is 9.15 Å². The monoisotopic (exact) mass is 301 g/mol. The van der Waals surface area contributed by atoms with Gasteiger partial charge in [0.25, 0.3) is 0 Å². The van der Waals surface area contributed by atoms with Crippen LogP contribution in [0.5, 0.6) is 0 Å². The molecule has 0 amide bonds. The predicted molar refractivity (Wildman–Crippen MR) is 85.5 cm³/mol. The summed E-state index contributed by atoms with van der Waals surface area (Å²) in [6.07, 6.45) is 2.03. The van der Waals surface area contributed by atoms with Crippen LogP contribution in [0.4, 0.5) is 0 Å². The Labute approximate surface area is 131 Å². The summed E-state index contributed by atoms with van der Waals surface area (Å²) in [4.78, 5) is 9.14. The van der Waals surface area contributed by atoms with Crippen molar-refractivity contribution in [2.45, 2.75) is 12.6 Å². The summed E-state index contributed by atoms with van der Waals surface area (Å²) in [6, 6.07) is 10.0. The Morgan fingerprint density at radius 3 is 2.86 bits per heavy atom. The first kappa shape index (κ1) is 15.2. The third-order valence-corrected chi connectivity index (χ3v) is 3.75. The van der Waals surface area contributed by atoms with Crippen LogP contribution in [0.15, 0.2) is 41.0 Å². The molecule has 2 aromatic rings. The fraction of sp³-hybridized carbons (Fsp3) is 0.471. The molecule has 1 atom stereocenters. The number of benzene rings is 1. The molecule has 0 N–H and O–H groups in total. The van der Waals surface area contributed by atoms with Crippen LogP contribution in [0, 0.1) is 0 Å². The normalized spacial score (nSPS) is 19.7. The van der Waals surface area contributed by atoms with E-state index in [9.17, 15) is 0 Å². The van der Waals surface area contributed by atoms with E-state index >= 15 is 0 Å². The lowest BCUT2D eigenvalue weighted by molar-refractivity contribution is -0.0410. The van der Waals surface area contributed by atoms with E-state index in [1.165, 1.54) is 0 Å². The Morgan fingerprint density at radius 2 is 2.09 bits per heavy atom. The largest absolute Gasteiger partial charge is 0.444 e. The van der Waals surface area contributed by atoms with Gasteiger partial charge in [-0.15, -0.1) is 0 Å². The summed E-state index contributed by atoms with van der Waals surface area (Å²) in [7, 11) is 4.15. The molecular formula is C17H23N3O2. The number of nitrogens with zero attached hydrogens (tertiary/aromatic N) is 3. The lowest BCUT2D eigenvalue weighted by Gasteiger charge is -2.33. The molecule has 1 saturated heterocycles. The minimum atomic E-state index is 0.268. The molecule has 0 spiro atoms. The summed E-state index contributed by atoms with van der Waals surface area (Å²) in [5, 5.41) is 0. The van der Waals surface area contributed by atoms with Crippen molar-refractivity contribution < 1.29 is 9.15 Å². The number of oxazole rings is 1.